The average Bonchev–Trinajstić information content (AvgIpc) is 3.42. The van der Waals surface area contributed by atoms with Gasteiger partial charge in [-0.1, -0.05) is 24.3 Å². The van der Waals surface area contributed by atoms with Crippen molar-refractivity contribution in [2.45, 2.75) is 38.9 Å². The molecule has 128 valence electrons. The summed E-state index contributed by atoms with van der Waals surface area (Å²) in [6.45, 7) is 3.04. The predicted octanol–water partition coefficient (Wildman–Crippen LogP) is 3.31. The summed E-state index contributed by atoms with van der Waals surface area (Å²) in [5.41, 5.74) is 3.00. The van der Waals surface area contributed by atoms with Gasteiger partial charge in [-0.05, 0) is 37.5 Å². The maximum Gasteiger partial charge on any atom is 0.258 e. The van der Waals surface area contributed by atoms with Gasteiger partial charge >= 0.3 is 0 Å². The van der Waals surface area contributed by atoms with E-state index in [2.05, 4.69) is 9.88 Å². The highest BCUT2D eigenvalue weighted by atomic mass is 19.1. The number of nitrogens with zero attached hydrogens (tertiary/aromatic N) is 3. The number of fused-ring (bicyclic) bond motifs is 1. The largest absolute Gasteiger partial charge is 0.290 e. The highest BCUT2D eigenvalue weighted by Gasteiger charge is 2.29. The average molecular weight is 337 g/mol. The molecule has 3 aromatic rings. The van der Waals surface area contributed by atoms with Crippen LogP contribution in [0.4, 0.5) is 4.39 Å². The van der Waals surface area contributed by atoms with E-state index in [0.29, 0.717) is 30.3 Å². The van der Waals surface area contributed by atoms with Crippen molar-refractivity contribution in [3.8, 4) is 0 Å². The predicted molar refractivity (Wildman–Crippen MR) is 94.9 cm³/mol. The molecule has 1 aliphatic rings. The van der Waals surface area contributed by atoms with Gasteiger partial charge in [-0.3, -0.25) is 14.1 Å². The summed E-state index contributed by atoms with van der Waals surface area (Å²) < 4.78 is 15.6. The molecule has 1 aliphatic carbocycles. The molecule has 1 aromatic carbocycles. The van der Waals surface area contributed by atoms with Gasteiger partial charge in [-0.25, -0.2) is 9.37 Å². The second-order valence-corrected chi connectivity index (χ2v) is 6.75. The lowest BCUT2D eigenvalue weighted by molar-refractivity contribution is 0.239. The van der Waals surface area contributed by atoms with Crippen molar-refractivity contribution in [3.63, 3.8) is 0 Å². The van der Waals surface area contributed by atoms with Crippen molar-refractivity contribution in [3.05, 3.63) is 81.7 Å². The molecule has 0 unspecified atom stereocenters. The molecule has 4 rings (SSSR count). The number of rotatable bonds is 5. The molecular formula is C20H20FN3O. The van der Waals surface area contributed by atoms with Crippen LogP contribution in [0.1, 0.15) is 29.7 Å². The standard InChI is InChI=1S/C20H20FN3O/c1-14-6-9-19-22-16(10-20(25)24(19)11-14)13-23(17-7-8-17)12-15-4-2-3-5-18(15)21/h2-6,9-11,17H,7-8,12-13H2,1H3. The number of hydrogen-bond donors (Lipinski definition) is 0. The monoisotopic (exact) mass is 337 g/mol. The van der Waals surface area contributed by atoms with E-state index in [-0.39, 0.29) is 11.4 Å². The third-order valence-electron chi connectivity index (χ3n) is 4.62. The van der Waals surface area contributed by atoms with E-state index >= 15 is 0 Å². The van der Waals surface area contributed by atoms with Crippen LogP contribution in [0.5, 0.6) is 0 Å². The maximum atomic E-state index is 14.0. The van der Waals surface area contributed by atoms with Gasteiger partial charge in [0, 0.05) is 37.0 Å². The third kappa shape index (κ3) is 3.46. The minimum Gasteiger partial charge on any atom is -0.290 e. The molecule has 0 spiro atoms. The second-order valence-electron chi connectivity index (χ2n) is 6.75. The zero-order valence-corrected chi connectivity index (χ0v) is 14.2. The van der Waals surface area contributed by atoms with Crippen molar-refractivity contribution in [1.82, 2.24) is 14.3 Å². The molecule has 5 heteroatoms. The summed E-state index contributed by atoms with van der Waals surface area (Å²) in [4.78, 5) is 19.2. The van der Waals surface area contributed by atoms with Crippen molar-refractivity contribution in [1.29, 1.82) is 0 Å². The fraction of sp³-hybridized carbons (Fsp3) is 0.300. The van der Waals surface area contributed by atoms with Crippen LogP contribution in [0.15, 0.2) is 53.5 Å². The SMILES string of the molecule is Cc1ccc2nc(CN(Cc3ccccc3F)C3CC3)cc(=O)n2c1. The van der Waals surface area contributed by atoms with Gasteiger partial charge in [0.05, 0.1) is 5.69 Å². The number of benzene rings is 1. The van der Waals surface area contributed by atoms with E-state index in [0.717, 1.165) is 24.1 Å². The number of aryl methyl sites for hydroxylation is 1. The summed E-state index contributed by atoms with van der Waals surface area (Å²) in [6, 6.07) is 12.7. The Morgan fingerprint density at radius 1 is 1.20 bits per heavy atom. The van der Waals surface area contributed by atoms with E-state index in [9.17, 15) is 9.18 Å². The molecule has 0 bridgehead atoms. The van der Waals surface area contributed by atoms with Crippen LogP contribution in [0.25, 0.3) is 5.65 Å². The summed E-state index contributed by atoms with van der Waals surface area (Å²) in [5, 5.41) is 0. The van der Waals surface area contributed by atoms with E-state index in [1.165, 1.54) is 6.07 Å². The zero-order valence-electron chi connectivity index (χ0n) is 14.2. The van der Waals surface area contributed by atoms with E-state index < -0.39 is 0 Å². The lowest BCUT2D eigenvalue weighted by Gasteiger charge is -2.22. The molecule has 4 nitrogen and oxygen atoms in total. The minimum atomic E-state index is -0.185. The van der Waals surface area contributed by atoms with Crippen LogP contribution in [0, 0.1) is 12.7 Å². The van der Waals surface area contributed by atoms with Crippen LogP contribution < -0.4 is 5.56 Å². The maximum absolute atomic E-state index is 14.0. The molecule has 0 N–H and O–H groups in total. The molecular weight excluding hydrogens is 317 g/mol. The van der Waals surface area contributed by atoms with E-state index in [1.807, 2.05) is 31.2 Å². The van der Waals surface area contributed by atoms with Crippen LogP contribution >= 0.6 is 0 Å². The smallest absolute Gasteiger partial charge is 0.258 e. The molecule has 0 amide bonds. The molecule has 25 heavy (non-hydrogen) atoms. The van der Waals surface area contributed by atoms with Crippen molar-refractivity contribution < 1.29 is 4.39 Å². The molecule has 1 saturated carbocycles. The van der Waals surface area contributed by atoms with Gasteiger partial charge < -0.3 is 0 Å². The normalized spacial score (nSPS) is 14.4. The van der Waals surface area contributed by atoms with E-state index in [4.69, 9.17) is 0 Å². The molecule has 2 heterocycles. The first-order valence-electron chi connectivity index (χ1n) is 8.56. The second kappa shape index (κ2) is 6.41. The molecule has 1 fully saturated rings. The highest BCUT2D eigenvalue weighted by Crippen LogP contribution is 2.30. The Labute approximate surface area is 145 Å². The molecule has 0 radical (unpaired) electrons. The molecule has 0 atom stereocenters. The van der Waals surface area contributed by atoms with Gasteiger partial charge in [0.25, 0.3) is 5.56 Å². The first-order chi connectivity index (χ1) is 12.1. The first-order valence-corrected chi connectivity index (χ1v) is 8.56. The van der Waals surface area contributed by atoms with Crippen molar-refractivity contribution in [2.24, 2.45) is 0 Å². The van der Waals surface area contributed by atoms with Gasteiger partial charge in [0.1, 0.15) is 11.5 Å². The fourth-order valence-corrected chi connectivity index (χ4v) is 3.15. The summed E-state index contributed by atoms with van der Waals surface area (Å²) in [7, 11) is 0. The van der Waals surface area contributed by atoms with Gasteiger partial charge in [-0.2, -0.15) is 0 Å². The Morgan fingerprint density at radius 3 is 2.76 bits per heavy atom. The Bertz CT molecular complexity index is 978. The molecule has 2 aromatic heterocycles. The minimum absolute atomic E-state index is 0.0784. The number of pyridine rings is 1. The highest BCUT2D eigenvalue weighted by molar-refractivity contribution is 5.40. The number of aromatic nitrogens is 2. The van der Waals surface area contributed by atoms with Crippen LogP contribution in [-0.2, 0) is 13.1 Å². The Kier molecular flexibility index (Phi) is 4.09. The van der Waals surface area contributed by atoms with Crippen LogP contribution in [0.3, 0.4) is 0 Å². The van der Waals surface area contributed by atoms with E-state index in [1.54, 1.807) is 22.7 Å². The summed E-state index contributed by atoms with van der Waals surface area (Å²) >= 11 is 0. The Balaban J connectivity index is 1.62. The van der Waals surface area contributed by atoms with Crippen LogP contribution in [-0.4, -0.2) is 20.3 Å². The van der Waals surface area contributed by atoms with Gasteiger partial charge in [0.2, 0.25) is 0 Å². The molecule has 0 saturated heterocycles. The fourth-order valence-electron chi connectivity index (χ4n) is 3.15. The Hall–Kier alpha value is -2.53. The third-order valence-corrected chi connectivity index (χ3v) is 4.62. The quantitative estimate of drug-likeness (QED) is 0.717. The van der Waals surface area contributed by atoms with Crippen LogP contribution in [0.2, 0.25) is 0 Å². The lowest BCUT2D eigenvalue weighted by Crippen LogP contribution is -2.27. The summed E-state index contributed by atoms with van der Waals surface area (Å²) in [6.07, 6.45) is 4.02. The molecule has 0 aliphatic heterocycles. The van der Waals surface area contributed by atoms with Crippen molar-refractivity contribution >= 4 is 5.65 Å². The summed E-state index contributed by atoms with van der Waals surface area (Å²) in [5.74, 6) is -0.185. The number of hydrogen-bond acceptors (Lipinski definition) is 3. The first kappa shape index (κ1) is 16.0. The lowest BCUT2D eigenvalue weighted by atomic mass is 10.2. The number of halogens is 1. The Morgan fingerprint density at radius 2 is 2.00 bits per heavy atom. The van der Waals surface area contributed by atoms with Crippen molar-refractivity contribution in [2.75, 3.05) is 0 Å². The van der Waals surface area contributed by atoms with Gasteiger partial charge in [0.15, 0.2) is 0 Å². The zero-order chi connectivity index (χ0) is 17.4. The topological polar surface area (TPSA) is 37.6 Å². The van der Waals surface area contributed by atoms with Gasteiger partial charge in [-0.15, -0.1) is 0 Å².